The molecule has 4 nitrogen and oxygen atoms in total. The van der Waals surface area contributed by atoms with Crippen LogP contribution in [0.3, 0.4) is 0 Å². The van der Waals surface area contributed by atoms with E-state index in [1.807, 2.05) is 24.3 Å². The Hall–Kier alpha value is -1.55. The minimum Gasteiger partial charge on any atom is -0.490 e. The van der Waals surface area contributed by atoms with E-state index in [0.717, 1.165) is 43.7 Å². The predicted molar refractivity (Wildman–Crippen MR) is 78.2 cm³/mol. The van der Waals surface area contributed by atoms with Gasteiger partial charge in [-0.05, 0) is 50.4 Å². The first-order chi connectivity index (χ1) is 9.63. The second kappa shape index (κ2) is 7.29. The first-order valence-electron chi connectivity index (χ1n) is 7.29. The number of likely N-dealkylation sites (tertiary alicyclic amines) is 1. The van der Waals surface area contributed by atoms with Crippen LogP contribution in [0.1, 0.15) is 31.2 Å². The van der Waals surface area contributed by atoms with Crippen LogP contribution in [0.5, 0.6) is 5.75 Å². The summed E-state index contributed by atoms with van der Waals surface area (Å²) in [6.07, 6.45) is 4.13. The molecular formula is C16H23NO3. The average molecular weight is 277 g/mol. The fraction of sp³-hybridized carbons (Fsp3) is 0.562. The van der Waals surface area contributed by atoms with Crippen LogP contribution in [-0.2, 0) is 11.2 Å². The van der Waals surface area contributed by atoms with E-state index < -0.39 is 5.97 Å². The topological polar surface area (TPSA) is 49.8 Å². The molecule has 20 heavy (non-hydrogen) atoms. The van der Waals surface area contributed by atoms with Gasteiger partial charge in [-0.3, -0.25) is 4.79 Å². The number of piperidine rings is 1. The van der Waals surface area contributed by atoms with Crippen molar-refractivity contribution in [1.82, 2.24) is 4.90 Å². The van der Waals surface area contributed by atoms with Gasteiger partial charge < -0.3 is 14.7 Å². The van der Waals surface area contributed by atoms with E-state index in [9.17, 15) is 4.79 Å². The first-order valence-corrected chi connectivity index (χ1v) is 7.29. The number of aliphatic carboxylic acids is 1. The Morgan fingerprint density at radius 2 is 2.15 bits per heavy atom. The number of hydrogen-bond acceptors (Lipinski definition) is 3. The molecule has 0 atom stereocenters. The van der Waals surface area contributed by atoms with Crippen molar-refractivity contribution in [2.75, 3.05) is 20.1 Å². The molecule has 0 saturated carbocycles. The molecule has 0 spiro atoms. The number of carbonyl (C=O) groups is 1. The summed E-state index contributed by atoms with van der Waals surface area (Å²) in [4.78, 5) is 12.8. The van der Waals surface area contributed by atoms with Gasteiger partial charge in [0.05, 0.1) is 0 Å². The summed E-state index contributed by atoms with van der Waals surface area (Å²) in [5.41, 5.74) is 1.15. The zero-order chi connectivity index (χ0) is 14.4. The molecule has 110 valence electrons. The molecule has 2 rings (SSSR count). The fourth-order valence-electron chi connectivity index (χ4n) is 2.51. The molecule has 1 aromatic rings. The van der Waals surface area contributed by atoms with Crippen LogP contribution in [0.2, 0.25) is 0 Å². The van der Waals surface area contributed by atoms with Crippen molar-refractivity contribution in [3.05, 3.63) is 29.8 Å². The summed E-state index contributed by atoms with van der Waals surface area (Å²) in [7, 11) is 2.14. The summed E-state index contributed by atoms with van der Waals surface area (Å²) >= 11 is 0. The van der Waals surface area contributed by atoms with Gasteiger partial charge in [-0.15, -0.1) is 0 Å². The zero-order valence-corrected chi connectivity index (χ0v) is 12.0. The maximum Gasteiger partial charge on any atom is 0.303 e. The second-order valence-corrected chi connectivity index (χ2v) is 5.52. The Morgan fingerprint density at radius 3 is 2.85 bits per heavy atom. The van der Waals surface area contributed by atoms with Gasteiger partial charge in [0.25, 0.3) is 0 Å². The molecule has 0 aliphatic carbocycles. The van der Waals surface area contributed by atoms with Crippen molar-refractivity contribution in [3.8, 4) is 5.75 Å². The second-order valence-electron chi connectivity index (χ2n) is 5.52. The summed E-state index contributed by atoms with van der Waals surface area (Å²) in [5.74, 6) is 0.177. The van der Waals surface area contributed by atoms with Crippen molar-refractivity contribution in [3.63, 3.8) is 0 Å². The van der Waals surface area contributed by atoms with Crippen molar-refractivity contribution in [2.24, 2.45) is 0 Å². The number of benzene rings is 1. The van der Waals surface area contributed by atoms with Gasteiger partial charge in [-0.2, -0.15) is 0 Å². The Bertz CT molecular complexity index is 439. The maximum atomic E-state index is 10.5. The number of nitrogens with zero attached hydrogens (tertiary/aromatic N) is 1. The molecule has 1 heterocycles. The highest BCUT2D eigenvalue weighted by Gasteiger charge is 2.17. The largest absolute Gasteiger partial charge is 0.490 e. The molecule has 1 aliphatic rings. The summed E-state index contributed by atoms with van der Waals surface area (Å²) in [6, 6.07) is 8.04. The molecule has 1 fully saturated rings. The molecule has 0 aromatic heterocycles. The number of rotatable bonds is 6. The minimum atomic E-state index is -0.733. The molecule has 0 radical (unpaired) electrons. The standard InChI is InChI=1S/C16H23NO3/c1-17-10-8-14(9-11-17)20-15-6-2-4-13(12-15)5-3-7-16(18)19/h2,4,6,12,14H,3,5,7-11H2,1H3,(H,18,19). The molecule has 1 aliphatic heterocycles. The van der Waals surface area contributed by atoms with E-state index in [0.29, 0.717) is 12.5 Å². The van der Waals surface area contributed by atoms with Gasteiger partial charge in [-0.1, -0.05) is 12.1 Å². The highest BCUT2D eigenvalue weighted by Crippen LogP contribution is 2.20. The summed E-state index contributed by atoms with van der Waals surface area (Å²) < 4.78 is 6.03. The summed E-state index contributed by atoms with van der Waals surface area (Å²) in [5, 5.41) is 8.66. The lowest BCUT2D eigenvalue weighted by atomic mass is 10.1. The maximum absolute atomic E-state index is 10.5. The lowest BCUT2D eigenvalue weighted by Crippen LogP contribution is -2.35. The van der Waals surface area contributed by atoms with Gasteiger partial charge in [0, 0.05) is 19.5 Å². The van der Waals surface area contributed by atoms with Crippen LogP contribution in [0.15, 0.2) is 24.3 Å². The first kappa shape index (κ1) is 14.9. The quantitative estimate of drug-likeness (QED) is 0.868. The van der Waals surface area contributed by atoms with Crippen molar-refractivity contribution >= 4 is 5.97 Å². The van der Waals surface area contributed by atoms with E-state index in [1.165, 1.54) is 0 Å². The fourth-order valence-corrected chi connectivity index (χ4v) is 2.51. The monoisotopic (exact) mass is 277 g/mol. The van der Waals surface area contributed by atoms with E-state index in [2.05, 4.69) is 11.9 Å². The molecule has 1 N–H and O–H groups in total. The van der Waals surface area contributed by atoms with E-state index in [-0.39, 0.29) is 6.42 Å². The molecule has 4 heteroatoms. The molecule has 0 amide bonds. The molecule has 0 unspecified atom stereocenters. The Morgan fingerprint density at radius 1 is 1.40 bits per heavy atom. The minimum absolute atomic E-state index is 0.222. The third kappa shape index (κ3) is 4.85. The normalized spacial score (nSPS) is 17.1. The van der Waals surface area contributed by atoms with Gasteiger partial charge >= 0.3 is 5.97 Å². The third-order valence-electron chi connectivity index (χ3n) is 3.72. The number of ether oxygens (including phenoxy) is 1. The predicted octanol–water partition coefficient (Wildman–Crippen LogP) is 2.57. The highest BCUT2D eigenvalue weighted by atomic mass is 16.5. The van der Waals surface area contributed by atoms with Crippen LogP contribution in [0.4, 0.5) is 0 Å². The third-order valence-corrected chi connectivity index (χ3v) is 3.72. The van der Waals surface area contributed by atoms with Crippen LogP contribution in [0.25, 0.3) is 0 Å². The molecule has 1 saturated heterocycles. The van der Waals surface area contributed by atoms with E-state index in [4.69, 9.17) is 9.84 Å². The number of carboxylic acid groups (broad SMARTS) is 1. The Balaban J connectivity index is 1.84. The number of aryl methyl sites for hydroxylation is 1. The SMILES string of the molecule is CN1CCC(Oc2cccc(CCCC(=O)O)c2)CC1. The van der Waals surface area contributed by atoms with E-state index >= 15 is 0 Å². The zero-order valence-electron chi connectivity index (χ0n) is 12.0. The Kier molecular flexibility index (Phi) is 5.41. The van der Waals surface area contributed by atoms with E-state index in [1.54, 1.807) is 0 Å². The molecule has 0 bridgehead atoms. The highest BCUT2D eigenvalue weighted by molar-refractivity contribution is 5.66. The van der Waals surface area contributed by atoms with Crippen molar-refractivity contribution in [2.45, 2.75) is 38.2 Å². The molecular weight excluding hydrogens is 254 g/mol. The summed E-state index contributed by atoms with van der Waals surface area (Å²) in [6.45, 7) is 2.17. The van der Waals surface area contributed by atoms with Gasteiger partial charge in [-0.25, -0.2) is 0 Å². The lowest BCUT2D eigenvalue weighted by Gasteiger charge is -2.29. The van der Waals surface area contributed by atoms with Gasteiger partial charge in [0.2, 0.25) is 0 Å². The average Bonchev–Trinajstić information content (AvgIpc) is 2.41. The van der Waals surface area contributed by atoms with Gasteiger partial charge in [0.1, 0.15) is 11.9 Å². The van der Waals surface area contributed by atoms with Crippen LogP contribution < -0.4 is 4.74 Å². The van der Waals surface area contributed by atoms with Crippen LogP contribution in [0, 0.1) is 0 Å². The van der Waals surface area contributed by atoms with Crippen molar-refractivity contribution in [1.29, 1.82) is 0 Å². The van der Waals surface area contributed by atoms with Crippen LogP contribution >= 0.6 is 0 Å². The lowest BCUT2D eigenvalue weighted by molar-refractivity contribution is -0.137. The van der Waals surface area contributed by atoms with Crippen molar-refractivity contribution < 1.29 is 14.6 Å². The number of hydrogen-bond donors (Lipinski definition) is 1. The Labute approximate surface area is 120 Å². The van der Waals surface area contributed by atoms with Crippen LogP contribution in [-0.4, -0.2) is 42.2 Å². The smallest absolute Gasteiger partial charge is 0.303 e. The molecule has 1 aromatic carbocycles. The number of carboxylic acids is 1. The van der Waals surface area contributed by atoms with Gasteiger partial charge in [0.15, 0.2) is 0 Å².